The standard InChI is InChI=1S/C4H7NO4.K/c5-2(4(8)9)1-3(6)7;/h2H,1,5H2,(H,6,7)(H,8,9);/q;+1/p-1. The first-order chi connectivity index (χ1) is 4.04. The van der Waals surface area contributed by atoms with Crippen molar-refractivity contribution in [3.05, 3.63) is 0 Å². The van der Waals surface area contributed by atoms with Gasteiger partial charge in [0.2, 0.25) is 0 Å². The normalized spacial score (nSPS) is 11.3. The van der Waals surface area contributed by atoms with E-state index in [1.807, 2.05) is 0 Å². The van der Waals surface area contributed by atoms with Crippen molar-refractivity contribution in [2.24, 2.45) is 5.73 Å². The molecule has 0 aliphatic carbocycles. The molecule has 0 aliphatic heterocycles. The van der Waals surface area contributed by atoms with Crippen molar-refractivity contribution in [3.8, 4) is 0 Å². The van der Waals surface area contributed by atoms with Gasteiger partial charge in [-0.2, -0.15) is 0 Å². The van der Waals surface area contributed by atoms with Gasteiger partial charge in [-0.15, -0.1) is 0 Å². The molecule has 6 heteroatoms. The number of hydrogen-bond acceptors (Lipinski definition) is 5. The Morgan fingerprint density at radius 1 is 1.50 bits per heavy atom. The third-order valence-corrected chi connectivity index (χ3v) is 0.689. The van der Waals surface area contributed by atoms with Crippen molar-refractivity contribution in [3.63, 3.8) is 0 Å². The van der Waals surface area contributed by atoms with E-state index in [1.165, 1.54) is 0 Å². The quantitative estimate of drug-likeness (QED) is 0.425. The average Bonchev–Trinajstić information content (AvgIpc) is 1.63. The van der Waals surface area contributed by atoms with Gasteiger partial charge >= 0.3 is 52.8 Å². The molecular weight excluding hydrogens is 165 g/mol. The molecule has 0 spiro atoms. The number of hydrogen-bond donors (Lipinski definition) is 1. The van der Waals surface area contributed by atoms with Gasteiger partial charge in [0.15, 0.2) is 0 Å². The molecule has 5 nitrogen and oxygen atoms in total. The fraction of sp³-hybridized carbons (Fsp3) is 0.500. The minimum absolute atomic E-state index is 0. The molecule has 0 aliphatic rings. The van der Waals surface area contributed by atoms with Gasteiger partial charge in [0.25, 0.3) is 0 Å². The van der Waals surface area contributed by atoms with E-state index in [0.717, 1.165) is 0 Å². The van der Waals surface area contributed by atoms with Crippen LogP contribution >= 0.6 is 0 Å². The third kappa shape index (κ3) is 6.65. The number of rotatable bonds is 3. The van der Waals surface area contributed by atoms with Crippen LogP contribution in [0.5, 0.6) is 0 Å². The molecule has 1 atom stereocenters. The van der Waals surface area contributed by atoms with Crippen LogP contribution in [-0.2, 0) is 9.59 Å². The Hall–Kier alpha value is 0.536. The van der Waals surface area contributed by atoms with E-state index in [0.29, 0.717) is 0 Å². The zero-order valence-corrected chi connectivity index (χ0v) is 8.62. The summed E-state index contributed by atoms with van der Waals surface area (Å²) in [7, 11) is 0. The molecular formula is C4H6KNO4. The molecule has 0 radical (unpaired) electrons. The molecule has 52 valence electrons. The first-order valence-corrected chi connectivity index (χ1v) is 2.20. The largest absolute Gasteiger partial charge is 1.00 e. The Labute approximate surface area is 101 Å². The summed E-state index contributed by atoms with van der Waals surface area (Å²) in [6, 6.07) is -1.46. The van der Waals surface area contributed by atoms with Gasteiger partial charge in [-0.1, -0.05) is 0 Å². The van der Waals surface area contributed by atoms with Crippen molar-refractivity contribution in [2.45, 2.75) is 12.5 Å². The number of carboxylic acids is 2. The summed E-state index contributed by atoms with van der Waals surface area (Å²) >= 11 is 0. The topological polar surface area (TPSA) is 106 Å². The zero-order chi connectivity index (χ0) is 7.44. The fourth-order valence-electron chi connectivity index (χ4n) is 0.263. The Kier molecular flexibility index (Phi) is 8.23. The number of carbonyl (C=O) groups excluding carboxylic acids is 2. The van der Waals surface area contributed by atoms with Crippen LogP contribution < -0.4 is 67.3 Å². The van der Waals surface area contributed by atoms with Crippen molar-refractivity contribution < 1.29 is 72.6 Å². The first kappa shape index (κ1) is 13.1. The molecule has 0 fully saturated rings. The van der Waals surface area contributed by atoms with Crippen molar-refractivity contribution in [2.75, 3.05) is 0 Å². The fourth-order valence-corrected chi connectivity index (χ4v) is 0.263. The van der Waals surface area contributed by atoms with Crippen LogP contribution in [0, 0.1) is 0 Å². The Balaban J connectivity index is -0.000000320. The van der Waals surface area contributed by atoms with Gasteiger partial charge in [0.05, 0.1) is 5.97 Å². The van der Waals surface area contributed by atoms with Crippen molar-refractivity contribution >= 4 is 11.9 Å². The van der Waals surface area contributed by atoms with Crippen LogP contribution in [0.1, 0.15) is 7.85 Å². The van der Waals surface area contributed by atoms with E-state index in [-0.39, 0.29) is 52.8 Å². The molecule has 0 aromatic rings. The summed E-state index contributed by atoms with van der Waals surface area (Å²) in [6.45, 7) is 0. The van der Waals surface area contributed by atoms with Crippen LogP contribution in [0.3, 0.4) is 0 Å². The smallest absolute Gasteiger partial charge is 0.550 e. The predicted octanol–water partition coefficient (Wildman–Crippen LogP) is -6.68. The van der Waals surface area contributed by atoms with Crippen molar-refractivity contribution in [1.82, 2.24) is 0 Å². The number of nitrogens with two attached hydrogens (primary N) is 1. The average molecular weight is 171 g/mol. The minimum atomic E-state index is -1.58. The molecule has 0 saturated carbocycles. The van der Waals surface area contributed by atoms with E-state index in [4.69, 9.17) is 5.73 Å². The summed E-state index contributed by atoms with van der Waals surface area (Å²) in [5, 5.41) is 19.3. The molecule has 0 aromatic carbocycles. The van der Waals surface area contributed by atoms with Gasteiger partial charge in [-0.05, 0) is 0 Å². The van der Waals surface area contributed by atoms with Gasteiger partial charge in [0.1, 0.15) is 0 Å². The maximum atomic E-state index is 9.71. The molecule has 0 bridgehead atoms. The molecule has 0 saturated heterocycles. The van der Waals surface area contributed by atoms with Crippen LogP contribution in [0.25, 0.3) is 0 Å². The zero-order valence-electron chi connectivity index (χ0n) is 6.49. The summed E-state index contributed by atoms with van der Waals surface area (Å²) < 4.78 is 0. The molecule has 0 heterocycles. The molecule has 0 aromatic heterocycles. The van der Waals surface area contributed by atoms with Gasteiger partial charge < -0.3 is 25.5 Å². The van der Waals surface area contributed by atoms with Crippen LogP contribution in [0.4, 0.5) is 0 Å². The van der Waals surface area contributed by atoms with Gasteiger partial charge in [-0.3, -0.25) is 0 Å². The Morgan fingerprint density at radius 3 is 2.00 bits per heavy atom. The molecule has 2 N–H and O–H groups in total. The van der Waals surface area contributed by atoms with E-state index in [9.17, 15) is 19.8 Å². The van der Waals surface area contributed by atoms with Gasteiger partial charge in [0, 0.05) is 18.4 Å². The summed E-state index contributed by atoms with van der Waals surface area (Å²) in [4.78, 5) is 19.3. The third-order valence-electron chi connectivity index (χ3n) is 0.689. The number of carboxylic acid groups (broad SMARTS) is 2. The van der Waals surface area contributed by atoms with E-state index in [2.05, 4.69) is 0 Å². The van der Waals surface area contributed by atoms with Crippen LogP contribution in [0.2, 0.25) is 0 Å². The van der Waals surface area contributed by atoms with Crippen molar-refractivity contribution in [1.29, 1.82) is 0 Å². The van der Waals surface area contributed by atoms with Gasteiger partial charge in [-0.25, -0.2) is 0 Å². The van der Waals surface area contributed by atoms with E-state index >= 15 is 0 Å². The van der Waals surface area contributed by atoms with Crippen LogP contribution in [-0.4, -0.2) is 18.0 Å². The number of aliphatic carboxylic acids is 2. The molecule has 10 heavy (non-hydrogen) atoms. The number of carbonyl (C=O) groups is 2. The second-order valence-corrected chi connectivity index (χ2v) is 1.50. The molecule has 0 amide bonds. The summed E-state index contributed by atoms with van der Waals surface area (Å²) in [6.07, 6.45) is -0.706. The Bertz CT molecular complexity index is 142. The Morgan fingerprint density at radius 2 is 1.90 bits per heavy atom. The molecule has 0 rings (SSSR count). The maximum Gasteiger partial charge on any atom is 1.00 e. The van der Waals surface area contributed by atoms with E-state index < -0.39 is 24.4 Å². The van der Waals surface area contributed by atoms with Crippen LogP contribution in [0.15, 0.2) is 0 Å². The second-order valence-electron chi connectivity index (χ2n) is 1.50. The molecule has 1 unspecified atom stereocenters. The summed E-state index contributed by atoms with van der Waals surface area (Å²) in [5.74, 6) is -3.08. The second kappa shape index (κ2) is 6.26. The first-order valence-electron chi connectivity index (χ1n) is 2.20. The SMILES string of the molecule is NC(CC(=O)[O-])C(=O)[O-].[H+].[K+]. The summed E-state index contributed by atoms with van der Waals surface area (Å²) in [5.41, 5.74) is 4.73. The maximum absolute atomic E-state index is 9.71. The van der Waals surface area contributed by atoms with E-state index in [1.54, 1.807) is 0 Å². The monoisotopic (exact) mass is 171 g/mol. The predicted molar refractivity (Wildman–Crippen MR) is 23.7 cm³/mol. The minimum Gasteiger partial charge on any atom is -0.550 e.